The summed E-state index contributed by atoms with van der Waals surface area (Å²) in [6.07, 6.45) is 3.99. The summed E-state index contributed by atoms with van der Waals surface area (Å²) in [7, 11) is 0. The highest BCUT2D eigenvalue weighted by atomic mass is 19.1. The van der Waals surface area contributed by atoms with Crippen LogP contribution < -0.4 is 0 Å². The van der Waals surface area contributed by atoms with Crippen LogP contribution in [0, 0.1) is 5.82 Å². The van der Waals surface area contributed by atoms with Crippen molar-refractivity contribution in [1.82, 2.24) is 9.55 Å². The number of halogens is 1. The van der Waals surface area contributed by atoms with Crippen LogP contribution in [0.15, 0.2) is 54.9 Å². The molecule has 3 nitrogen and oxygen atoms in total. The molecule has 1 saturated carbocycles. The number of rotatable bonds is 4. The highest BCUT2D eigenvalue weighted by molar-refractivity contribution is 5.75. The van der Waals surface area contributed by atoms with E-state index in [0.29, 0.717) is 12.6 Å². The summed E-state index contributed by atoms with van der Waals surface area (Å²) in [5.74, 6) is -0.217. The van der Waals surface area contributed by atoms with Gasteiger partial charge >= 0.3 is 0 Å². The zero-order chi connectivity index (χ0) is 14.9. The second-order valence-corrected chi connectivity index (χ2v) is 5.83. The highest BCUT2D eigenvalue weighted by Crippen LogP contribution is 2.37. The van der Waals surface area contributed by atoms with Crippen molar-refractivity contribution in [3.05, 3.63) is 66.2 Å². The maximum atomic E-state index is 13.4. The van der Waals surface area contributed by atoms with E-state index >= 15 is 0 Å². The van der Waals surface area contributed by atoms with Crippen LogP contribution in [0.1, 0.15) is 24.4 Å². The van der Waals surface area contributed by atoms with E-state index < -0.39 is 0 Å². The minimum Gasteiger partial charge on any atom is -0.373 e. The topological polar surface area (TPSA) is 27.1 Å². The van der Waals surface area contributed by atoms with Crippen LogP contribution in [-0.4, -0.2) is 15.7 Å². The zero-order valence-electron chi connectivity index (χ0n) is 12.2. The number of benzene rings is 2. The largest absolute Gasteiger partial charge is 0.373 e. The molecule has 0 saturated heterocycles. The van der Waals surface area contributed by atoms with E-state index in [1.807, 2.05) is 24.5 Å². The fraction of sp³-hybridized carbons (Fsp3) is 0.278. The molecular weight excluding hydrogens is 279 g/mol. The van der Waals surface area contributed by atoms with Crippen molar-refractivity contribution in [1.29, 1.82) is 0 Å². The number of aromatic nitrogens is 2. The molecule has 1 aliphatic rings. The monoisotopic (exact) mass is 296 g/mol. The predicted octanol–water partition coefficient (Wildman–Crippen LogP) is 4.10. The maximum Gasteiger partial charge on any atom is 0.125 e. The Hall–Kier alpha value is -2.20. The number of fused-ring (bicyclic) bond motifs is 1. The summed E-state index contributed by atoms with van der Waals surface area (Å²) in [6, 6.07) is 15.3. The number of hydrogen-bond donors (Lipinski definition) is 0. The molecule has 0 N–H and O–H groups in total. The number of nitrogens with zero attached hydrogens (tertiary/aromatic N) is 2. The van der Waals surface area contributed by atoms with Crippen molar-refractivity contribution in [2.45, 2.75) is 31.6 Å². The minimum absolute atomic E-state index is 0.217. The molecule has 22 heavy (non-hydrogen) atoms. The number of hydrogen-bond acceptors (Lipinski definition) is 2. The summed E-state index contributed by atoms with van der Waals surface area (Å²) in [4.78, 5) is 4.34. The Bertz CT molecular complexity index is 778. The van der Waals surface area contributed by atoms with Crippen molar-refractivity contribution in [3.63, 3.8) is 0 Å². The van der Waals surface area contributed by atoms with E-state index in [9.17, 15) is 4.39 Å². The second-order valence-electron chi connectivity index (χ2n) is 5.83. The normalized spacial score (nSPS) is 21.0. The van der Waals surface area contributed by atoms with E-state index in [2.05, 4.69) is 21.7 Å². The van der Waals surface area contributed by atoms with E-state index in [4.69, 9.17) is 4.74 Å². The third-order valence-electron chi connectivity index (χ3n) is 4.33. The van der Waals surface area contributed by atoms with Crippen LogP contribution in [0.5, 0.6) is 0 Å². The van der Waals surface area contributed by atoms with Crippen LogP contribution in [-0.2, 0) is 11.3 Å². The van der Waals surface area contributed by atoms with Crippen molar-refractivity contribution in [3.8, 4) is 0 Å². The van der Waals surface area contributed by atoms with Gasteiger partial charge in [-0.05, 0) is 36.6 Å². The lowest BCUT2D eigenvalue weighted by molar-refractivity contribution is -0.0348. The average Bonchev–Trinajstić information content (AvgIpc) is 2.90. The van der Waals surface area contributed by atoms with Gasteiger partial charge in [0, 0.05) is 6.04 Å². The smallest absolute Gasteiger partial charge is 0.125 e. The van der Waals surface area contributed by atoms with Gasteiger partial charge in [0.2, 0.25) is 0 Å². The van der Waals surface area contributed by atoms with E-state index in [0.717, 1.165) is 23.9 Å². The third-order valence-corrected chi connectivity index (χ3v) is 4.33. The van der Waals surface area contributed by atoms with Crippen LogP contribution in [0.2, 0.25) is 0 Å². The van der Waals surface area contributed by atoms with Gasteiger partial charge in [-0.3, -0.25) is 0 Å². The van der Waals surface area contributed by atoms with Crippen LogP contribution in [0.25, 0.3) is 11.0 Å². The highest BCUT2D eigenvalue weighted by Gasteiger charge is 2.32. The molecule has 4 heteroatoms. The van der Waals surface area contributed by atoms with E-state index in [1.165, 1.54) is 11.6 Å². The van der Waals surface area contributed by atoms with Gasteiger partial charge in [0.15, 0.2) is 0 Å². The van der Waals surface area contributed by atoms with Crippen molar-refractivity contribution in [2.75, 3.05) is 0 Å². The molecule has 0 bridgehead atoms. The van der Waals surface area contributed by atoms with Gasteiger partial charge in [-0.25, -0.2) is 9.37 Å². The Balaban J connectivity index is 1.39. The minimum atomic E-state index is -0.217. The van der Waals surface area contributed by atoms with Crippen LogP contribution >= 0.6 is 0 Å². The lowest BCUT2D eigenvalue weighted by Gasteiger charge is -2.36. The second kappa shape index (κ2) is 5.54. The zero-order valence-corrected chi connectivity index (χ0v) is 12.2. The van der Waals surface area contributed by atoms with Gasteiger partial charge in [0.05, 0.1) is 30.1 Å². The van der Waals surface area contributed by atoms with E-state index in [1.54, 1.807) is 12.1 Å². The molecule has 1 aliphatic carbocycles. The Morgan fingerprint density at radius 2 is 1.95 bits per heavy atom. The molecule has 0 aliphatic heterocycles. The van der Waals surface area contributed by atoms with Gasteiger partial charge in [-0.1, -0.05) is 30.3 Å². The first kappa shape index (κ1) is 13.5. The van der Waals surface area contributed by atoms with E-state index in [-0.39, 0.29) is 11.9 Å². The Morgan fingerprint density at radius 3 is 2.77 bits per heavy atom. The summed E-state index contributed by atoms with van der Waals surface area (Å²) in [5, 5.41) is 0. The molecule has 0 radical (unpaired) electrons. The first-order valence-electron chi connectivity index (χ1n) is 7.57. The summed E-state index contributed by atoms with van der Waals surface area (Å²) >= 11 is 0. The fourth-order valence-electron chi connectivity index (χ4n) is 2.98. The van der Waals surface area contributed by atoms with Gasteiger partial charge < -0.3 is 9.30 Å². The van der Waals surface area contributed by atoms with Crippen molar-refractivity contribution in [2.24, 2.45) is 0 Å². The molecule has 1 aromatic heterocycles. The Morgan fingerprint density at radius 1 is 1.14 bits per heavy atom. The molecule has 0 atom stereocenters. The first-order chi connectivity index (χ1) is 10.8. The first-order valence-corrected chi connectivity index (χ1v) is 7.57. The Labute approximate surface area is 128 Å². The fourth-order valence-corrected chi connectivity index (χ4v) is 2.98. The summed E-state index contributed by atoms with van der Waals surface area (Å²) < 4.78 is 21.4. The summed E-state index contributed by atoms with van der Waals surface area (Å²) in [5.41, 5.74) is 2.91. The molecule has 1 heterocycles. The lowest BCUT2D eigenvalue weighted by Crippen LogP contribution is -2.33. The molecule has 0 unspecified atom stereocenters. The molecule has 0 spiro atoms. The molecular formula is C18H17FN2O. The molecule has 2 aromatic carbocycles. The molecule has 0 amide bonds. The molecule has 3 aromatic rings. The van der Waals surface area contributed by atoms with Crippen molar-refractivity contribution < 1.29 is 9.13 Å². The number of ether oxygens (including phenoxy) is 1. The SMILES string of the molecule is Fc1ccc2ncn(C3CC(OCc4ccccc4)C3)c2c1. The molecule has 4 rings (SSSR count). The summed E-state index contributed by atoms with van der Waals surface area (Å²) in [6.45, 7) is 0.650. The average molecular weight is 296 g/mol. The van der Waals surface area contributed by atoms with Gasteiger partial charge in [0.25, 0.3) is 0 Å². The quantitative estimate of drug-likeness (QED) is 0.725. The van der Waals surface area contributed by atoms with Gasteiger partial charge in [-0.15, -0.1) is 0 Å². The lowest BCUT2D eigenvalue weighted by atomic mass is 9.89. The van der Waals surface area contributed by atoms with Crippen molar-refractivity contribution >= 4 is 11.0 Å². The predicted molar refractivity (Wildman–Crippen MR) is 83.0 cm³/mol. The molecule has 1 fully saturated rings. The maximum absolute atomic E-state index is 13.4. The Kier molecular flexibility index (Phi) is 3.39. The van der Waals surface area contributed by atoms with Crippen LogP contribution in [0.3, 0.4) is 0 Å². The van der Waals surface area contributed by atoms with Crippen LogP contribution in [0.4, 0.5) is 4.39 Å². The third kappa shape index (κ3) is 2.50. The standard InChI is InChI=1S/C18H17FN2O/c19-14-6-7-17-18(8-14)21(12-20-17)15-9-16(10-15)22-11-13-4-2-1-3-5-13/h1-8,12,15-16H,9-11H2. The van der Waals surface area contributed by atoms with Gasteiger partial charge in [0.1, 0.15) is 5.82 Å². The molecule has 112 valence electrons. The van der Waals surface area contributed by atoms with Gasteiger partial charge in [-0.2, -0.15) is 0 Å². The number of imidazole rings is 1.